The van der Waals surface area contributed by atoms with Crippen molar-refractivity contribution in [1.82, 2.24) is 10.2 Å². The van der Waals surface area contributed by atoms with E-state index in [1.165, 1.54) is 17.0 Å². The van der Waals surface area contributed by atoms with Gasteiger partial charge >= 0.3 is 0 Å². The van der Waals surface area contributed by atoms with Crippen molar-refractivity contribution in [2.75, 3.05) is 31.1 Å². The maximum atomic E-state index is 13.0. The summed E-state index contributed by atoms with van der Waals surface area (Å²) in [6.45, 7) is 4.75. The van der Waals surface area contributed by atoms with Crippen molar-refractivity contribution in [2.45, 2.75) is 20.4 Å². The second-order valence-corrected chi connectivity index (χ2v) is 6.83. The number of carbonyl (C=O) groups excluding carboxylic acids is 3. The molecule has 2 aromatic rings. The van der Waals surface area contributed by atoms with Gasteiger partial charge in [0, 0.05) is 25.2 Å². The highest BCUT2D eigenvalue weighted by Crippen LogP contribution is 2.33. The van der Waals surface area contributed by atoms with E-state index < -0.39 is 0 Å². The van der Waals surface area contributed by atoms with Gasteiger partial charge in [-0.3, -0.25) is 19.3 Å². The number of nitrogens with one attached hydrogen (secondary N) is 1. The zero-order valence-electron chi connectivity index (χ0n) is 17.0. The molecule has 0 atom stereocenters. The summed E-state index contributed by atoms with van der Waals surface area (Å²) in [4.78, 5) is 40.5. The monoisotopic (exact) mass is 413 g/mol. The van der Waals surface area contributed by atoms with E-state index in [9.17, 15) is 18.8 Å². The van der Waals surface area contributed by atoms with E-state index in [2.05, 4.69) is 5.32 Å². The van der Waals surface area contributed by atoms with Crippen LogP contribution in [0.5, 0.6) is 5.75 Å². The molecule has 0 aromatic heterocycles. The fraction of sp³-hybridized carbons (Fsp3) is 0.318. The van der Waals surface area contributed by atoms with Crippen LogP contribution in [0.1, 0.15) is 29.8 Å². The van der Waals surface area contributed by atoms with Gasteiger partial charge in [-0.1, -0.05) is 12.1 Å². The Morgan fingerprint density at radius 3 is 2.50 bits per heavy atom. The number of carbonyl (C=O) groups is 3. The molecule has 8 heteroatoms. The number of benzene rings is 2. The summed E-state index contributed by atoms with van der Waals surface area (Å²) in [5.74, 6) is -0.804. The van der Waals surface area contributed by atoms with E-state index in [0.29, 0.717) is 30.1 Å². The molecule has 1 aliphatic rings. The number of hydrogen-bond acceptors (Lipinski definition) is 4. The summed E-state index contributed by atoms with van der Waals surface area (Å²) in [5.41, 5.74) is 1.55. The number of anilines is 1. The first kappa shape index (κ1) is 21.3. The summed E-state index contributed by atoms with van der Waals surface area (Å²) in [6.07, 6.45) is 0. The highest BCUT2D eigenvalue weighted by atomic mass is 19.1. The highest BCUT2D eigenvalue weighted by Gasteiger charge is 2.28. The molecule has 0 saturated heterocycles. The van der Waals surface area contributed by atoms with Crippen molar-refractivity contribution >= 4 is 23.4 Å². The van der Waals surface area contributed by atoms with Crippen LogP contribution in [-0.2, 0) is 16.1 Å². The van der Waals surface area contributed by atoms with Crippen LogP contribution in [0.15, 0.2) is 42.5 Å². The topological polar surface area (TPSA) is 79.0 Å². The molecule has 0 spiro atoms. The summed E-state index contributed by atoms with van der Waals surface area (Å²) >= 11 is 0. The van der Waals surface area contributed by atoms with Crippen molar-refractivity contribution < 1.29 is 23.5 Å². The Morgan fingerprint density at radius 1 is 1.13 bits per heavy atom. The maximum Gasteiger partial charge on any atom is 0.265 e. The number of nitrogens with zero attached hydrogens (tertiary/aromatic N) is 2. The third-order valence-electron chi connectivity index (χ3n) is 4.90. The molecule has 158 valence electrons. The van der Waals surface area contributed by atoms with Crippen LogP contribution < -0.4 is 15.0 Å². The third-order valence-corrected chi connectivity index (χ3v) is 4.90. The maximum absolute atomic E-state index is 13.0. The number of ether oxygens (including phenoxy) is 1. The molecule has 0 fully saturated rings. The molecule has 7 nitrogen and oxygen atoms in total. The Balaban J connectivity index is 1.74. The van der Waals surface area contributed by atoms with Gasteiger partial charge in [0.2, 0.25) is 5.91 Å². The number of amides is 3. The van der Waals surface area contributed by atoms with Gasteiger partial charge in [-0.15, -0.1) is 0 Å². The molecule has 3 rings (SSSR count). The van der Waals surface area contributed by atoms with Crippen LogP contribution in [0.25, 0.3) is 0 Å². The highest BCUT2D eigenvalue weighted by molar-refractivity contribution is 6.04. The first-order valence-corrected chi connectivity index (χ1v) is 9.80. The number of hydrogen-bond donors (Lipinski definition) is 1. The van der Waals surface area contributed by atoms with E-state index in [0.717, 1.165) is 5.56 Å². The van der Waals surface area contributed by atoms with Crippen molar-refractivity contribution in [3.05, 3.63) is 59.4 Å². The van der Waals surface area contributed by atoms with Gasteiger partial charge < -0.3 is 15.0 Å². The SMILES string of the molecule is CCN(CC)C(=O)c1ccc2c(c1)N(CC(=O)NCc1ccc(F)cc1)C(=O)CO2. The van der Waals surface area contributed by atoms with Gasteiger partial charge in [0.05, 0.1) is 5.69 Å². The van der Waals surface area contributed by atoms with Crippen molar-refractivity contribution in [3.63, 3.8) is 0 Å². The Kier molecular flexibility index (Phi) is 6.66. The summed E-state index contributed by atoms with van der Waals surface area (Å²) in [7, 11) is 0. The third kappa shape index (κ3) is 4.76. The smallest absolute Gasteiger partial charge is 0.265 e. The predicted octanol–water partition coefficient (Wildman–Crippen LogP) is 2.35. The van der Waals surface area contributed by atoms with E-state index in [4.69, 9.17) is 4.74 Å². The zero-order valence-corrected chi connectivity index (χ0v) is 17.0. The summed E-state index contributed by atoms with van der Waals surface area (Å²) in [5, 5.41) is 2.72. The second-order valence-electron chi connectivity index (χ2n) is 6.83. The number of fused-ring (bicyclic) bond motifs is 1. The molecule has 1 N–H and O–H groups in total. The minimum atomic E-state index is -0.374. The lowest BCUT2D eigenvalue weighted by Gasteiger charge is -2.29. The van der Waals surface area contributed by atoms with Crippen LogP contribution in [0.2, 0.25) is 0 Å². The number of rotatable bonds is 7. The molecular weight excluding hydrogens is 389 g/mol. The Labute approximate surface area is 174 Å². The van der Waals surface area contributed by atoms with Crippen molar-refractivity contribution in [1.29, 1.82) is 0 Å². The lowest BCUT2D eigenvalue weighted by atomic mass is 10.1. The summed E-state index contributed by atoms with van der Waals surface area (Å²) < 4.78 is 18.4. The van der Waals surface area contributed by atoms with Crippen LogP contribution in [0.3, 0.4) is 0 Å². The molecule has 0 saturated carbocycles. The molecule has 2 aromatic carbocycles. The van der Waals surface area contributed by atoms with Crippen molar-refractivity contribution in [3.8, 4) is 5.75 Å². The van der Waals surface area contributed by atoms with E-state index in [1.54, 1.807) is 35.2 Å². The molecular formula is C22H24FN3O4. The molecule has 30 heavy (non-hydrogen) atoms. The molecule has 1 heterocycles. The van der Waals surface area contributed by atoms with Crippen LogP contribution >= 0.6 is 0 Å². The Bertz CT molecular complexity index is 942. The predicted molar refractivity (Wildman–Crippen MR) is 110 cm³/mol. The Hall–Kier alpha value is -3.42. The van der Waals surface area contributed by atoms with Gasteiger partial charge in [0.1, 0.15) is 18.1 Å². The largest absolute Gasteiger partial charge is 0.482 e. The quantitative estimate of drug-likeness (QED) is 0.756. The van der Waals surface area contributed by atoms with Gasteiger partial charge in [0.25, 0.3) is 11.8 Å². The molecule has 0 radical (unpaired) electrons. The average molecular weight is 413 g/mol. The fourth-order valence-electron chi connectivity index (χ4n) is 3.20. The van der Waals surface area contributed by atoms with Crippen molar-refractivity contribution in [2.24, 2.45) is 0 Å². The molecule has 0 bridgehead atoms. The standard InChI is InChI=1S/C22H24FN3O4/c1-3-25(4-2)22(29)16-7-10-19-18(11-16)26(21(28)14-30-19)13-20(27)24-12-15-5-8-17(23)9-6-15/h5-11H,3-4,12-14H2,1-2H3,(H,24,27). The van der Waals surface area contributed by atoms with E-state index in [-0.39, 0.29) is 43.2 Å². The van der Waals surface area contributed by atoms with E-state index >= 15 is 0 Å². The van der Waals surface area contributed by atoms with Crippen LogP contribution in [0.4, 0.5) is 10.1 Å². The van der Waals surface area contributed by atoms with Crippen LogP contribution in [0, 0.1) is 5.82 Å². The van der Waals surface area contributed by atoms with Gasteiger partial charge in [0.15, 0.2) is 6.61 Å². The average Bonchev–Trinajstić information content (AvgIpc) is 2.75. The van der Waals surface area contributed by atoms with Gasteiger partial charge in [-0.05, 0) is 49.7 Å². The lowest BCUT2D eigenvalue weighted by molar-refractivity contribution is -0.125. The minimum Gasteiger partial charge on any atom is -0.482 e. The number of halogens is 1. The lowest BCUT2D eigenvalue weighted by Crippen LogP contribution is -2.45. The Morgan fingerprint density at radius 2 is 1.83 bits per heavy atom. The molecule has 0 unspecified atom stereocenters. The molecule has 0 aliphatic carbocycles. The van der Waals surface area contributed by atoms with Gasteiger partial charge in [-0.2, -0.15) is 0 Å². The first-order valence-electron chi connectivity index (χ1n) is 9.80. The molecule has 3 amide bonds. The second kappa shape index (κ2) is 9.39. The van der Waals surface area contributed by atoms with Gasteiger partial charge in [-0.25, -0.2) is 4.39 Å². The summed E-state index contributed by atoms with van der Waals surface area (Å²) in [6, 6.07) is 10.7. The molecule has 1 aliphatic heterocycles. The minimum absolute atomic E-state index is 0.151. The fourth-order valence-corrected chi connectivity index (χ4v) is 3.20. The van der Waals surface area contributed by atoms with E-state index in [1.807, 2.05) is 13.8 Å². The normalized spacial score (nSPS) is 12.8. The first-order chi connectivity index (χ1) is 14.4. The van der Waals surface area contributed by atoms with Crippen LogP contribution in [-0.4, -0.2) is 48.9 Å². The zero-order chi connectivity index (χ0) is 21.7.